The average molecular weight is 336 g/mol. The van der Waals surface area contributed by atoms with Gasteiger partial charge in [0, 0.05) is 31.6 Å². The van der Waals surface area contributed by atoms with Gasteiger partial charge in [-0.25, -0.2) is 5.84 Å². The lowest BCUT2D eigenvalue weighted by molar-refractivity contribution is -0.132. The van der Waals surface area contributed by atoms with Gasteiger partial charge in [-0.15, -0.1) is 4.40 Å². The van der Waals surface area contributed by atoms with E-state index in [2.05, 4.69) is 4.40 Å². The number of nitrogens with two attached hydrogens (primary N) is 1. The number of fused-ring (bicyclic) bond motifs is 1. The van der Waals surface area contributed by atoms with E-state index in [1.165, 1.54) is 11.1 Å². The van der Waals surface area contributed by atoms with Gasteiger partial charge in [-0.3, -0.25) is 9.80 Å². The Balaban J connectivity index is 1.67. The van der Waals surface area contributed by atoms with Gasteiger partial charge < -0.3 is 4.90 Å². The smallest absolute Gasteiger partial charge is 0.285 e. The minimum atomic E-state index is -3.69. The van der Waals surface area contributed by atoms with Crippen LogP contribution in [-0.2, 0) is 14.8 Å². The molecule has 124 valence electrons. The van der Waals surface area contributed by atoms with Crippen LogP contribution in [0, 0.1) is 0 Å². The maximum absolute atomic E-state index is 12.2. The second kappa shape index (κ2) is 6.29. The summed E-state index contributed by atoms with van der Waals surface area (Å²) in [4.78, 5) is 14.2. The van der Waals surface area contributed by atoms with Gasteiger partial charge in [-0.05, 0) is 31.4 Å². The van der Waals surface area contributed by atoms with E-state index in [1.807, 2.05) is 4.90 Å². The molecule has 2 aliphatic heterocycles. The molecule has 0 saturated carbocycles. The van der Waals surface area contributed by atoms with Gasteiger partial charge in [-0.1, -0.05) is 12.1 Å². The molecule has 0 radical (unpaired) electrons. The quantitative estimate of drug-likeness (QED) is 0.648. The molecule has 1 fully saturated rings. The molecule has 3 rings (SSSR count). The molecule has 7 nitrogen and oxygen atoms in total. The first-order valence-corrected chi connectivity index (χ1v) is 9.17. The summed E-state index contributed by atoms with van der Waals surface area (Å²) in [6, 6.07) is 6.57. The molecule has 1 aromatic carbocycles. The molecular formula is C15H20N4O3S. The van der Waals surface area contributed by atoms with Crippen molar-refractivity contribution in [2.75, 3.05) is 19.6 Å². The molecule has 2 aliphatic rings. The van der Waals surface area contributed by atoms with E-state index >= 15 is 0 Å². The number of piperidine rings is 1. The number of nitrogens with zero attached hydrogens (tertiary/aromatic N) is 3. The van der Waals surface area contributed by atoms with Gasteiger partial charge in [0.2, 0.25) is 5.91 Å². The highest BCUT2D eigenvalue weighted by Gasteiger charge is 2.31. The molecule has 8 heteroatoms. The minimum absolute atomic E-state index is 0.0508. The highest BCUT2D eigenvalue weighted by molar-refractivity contribution is 7.90. The third-order valence-electron chi connectivity index (χ3n) is 4.16. The Morgan fingerprint density at radius 1 is 1.22 bits per heavy atom. The summed E-state index contributed by atoms with van der Waals surface area (Å²) in [5, 5.41) is 1.26. The van der Waals surface area contributed by atoms with Crippen LogP contribution in [0.15, 0.2) is 33.6 Å². The molecular weight excluding hydrogens is 316 g/mol. The SMILES string of the molecule is NN(CCC(=O)N1CCCCC1)C1=NS(=O)(=O)c2ccccc21. The number of hydrogen-bond acceptors (Lipinski definition) is 5. The van der Waals surface area contributed by atoms with E-state index in [-0.39, 0.29) is 29.6 Å². The molecule has 0 spiro atoms. The van der Waals surface area contributed by atoms with Crippen molar-refractivity contribution in [1.82, 2.24) is 9.91 Å². The van der Waals surface area contributed by atoms with Gasteiger partial charge in [0.15, 0.2) is 5.84 Å². The van der Waals surface area contributed by atoms with E-state index in [0.29, 0.717) is 5.56 Å². The Morgan fingerprint density at radius 2 is 1.91 bits per heavy atom. The first kappa shape index (κ1) is 15.9. The predicted molar refractivity (Wildman–Crippen MR) is 86.1 cm³/mol. The Kier molecular flexibility index (Phi) is 4.36. The zero-order valence-corrected chi connectivity index (χ0v) is 13.6. The topological polar surface area (TPSA) is 96.1 Å². The Bertz CT molecular complexity index is 739. The third-order valence-corrected chi connectivity index (χ3v) is 5.49. The number of sulfonamides is 1. The first-order chi connectivity index (χ1) is 11.0. The van der Waals surface area contributed by atoms with E-state index < -0.39 is 10.0 Å². The predicted octanol–water partition coefficient (Wildman–Crippen LogP) is 0.714. The second-order valence-electron chi connectivity index (χ2n) is 5.77. The largest absolute Gasteiger partial charge is 0.343 e. The lowest BCUT2D eigenvalue weighted by Gasteiger charge is -2.27. The number of hydrazine groups is 1. The maximum Gasteiger partial charge on any atom is 0.285 e. The fourth-order valence-corrected chi connectivity index (χ4v) is 4.14. The summed E-state index contributed by atoms with van der Waals surface area (Å²) in [5.41, 5.74) is 0.487. The average Bonchev–Trinajstić information content (AvgIpc) is 2.85. The van der Waals surface area contributed by atoms with Crippen LogP contribution in [0.3, 0.4) is 0 Å². The van der Waals surface area contributed by atoms with Crippen LogP contribution in [0.2, 0.25) is 0 Å². The number of carbonyl (C=O) groups excluding carboxylic acids is 1. The summed E-state index contributed by atoms with van der Waals surface area (Å²) in [7, 11) is -3.69. The van der Waals surface area contributed by atoms with Gasteiger partial charge in [-0.2, -0.15) is 8.42 Å². The summed E-state index contributed by atoms with van der Waals surface area (Å²) in [5.74, 6) is 6.21. The molecule has 1 amide bonds. The van der Waals surface area contributed by atoms with E-state index in [1.54, 1.807) is 18.2 Å². The molecule has 0 unspecified atom stereocenters. The van der Waals surface area contributed by atoms with Crippen LogP contribution in [0.4, 0.5) is 0 Å². The summed E-state index contributed by atoms with van der Waals surface area (Å²) in [6.07, 6.45) is 3.49. The van der Waals surface area contributed by atoms with Gasteiger partial charge >= 0.3 is 0 Å². The van der Waals surface area contributed by atoms with Crippen molar-refractivity contribution in [2.45, 2.75) is 30.6 Å². The zero-order valence-electron chi connectivity index (χ0n) is 12.8. The number of amidine groups is 1. The molecule has 1 aromatic rings. The fourth-order valence-electron chi connectivity index (χ4n) is 2.92. The van der Waals surface area contributed by atoms with Crippen molar-refractivity contribution in [3.63, 3.8) is 0 Å². The first-order valence-electron chi connectivity index (χ1n) is 7.73. The molecule has 0 aromatic heterocycles. The van der Waals surface area contributed by atoms with Crippen molar-refractivity contribution < 1.29 is 13.2 Å². The number of amides is 1. The normalized spacial score (nSPS) is 19.2. The monoisotopic (exact) mass is 336 g/mol. The van der Waals surface area contributed by atoms with Crippen molar-refractivity contribution >= 4 is 21.8 Å². The molecule has 0 bridgehead atoms. The van der Waals surface area contributed by atoms with Gasteiger partial charge in [0.25, 0.3) is 10.0 Å². The Morgan fingerprint density at radius 3 is 2.65 bits per heavy atom. The fraction of sp³-hybridized carbons (Fsp3) is 0.467. The minimum Gasteiger partial charge on any atom is -0.343 e. The van der Waals surface area contributed by atoms with Crippen LogP contribution in [0.25, 0.3) is 0 Å². The lowest BCUT2D eigenvalue weighted by atomic mass is 10.1. The van der Waals surface area contributed by atoms with Crippen molar-refractivity contribution in [3.8, 4) is 0 Å². The zero-order chi connectivity index (χ0) is 16.4. The van der Waals surface area contributed by atoms with Gasteiger partial charge in [0.05, 0.1) is 0 Å². The van der Waals surface area contributed by atoms with Gasteiger partial charge in [0.1, 0.15) is 4.90 Å². The van der Waals surface area contributed by atoms with Crippen molar-refractivity contribution in [2.24, 2.45) is 10.2 Å². The molecule has 0 atom stereocenters. The number of carbonyl (C=O) groups is 1. The van der Waals surface area contributed by atoms with E-state index in [0.717, 1.165) is 32.4 Å². The molecule has 0 aliphatic carbocycles. The molecule has 23 heavy (non-hydrogen) atoms. The number of benzene rings is 1. The maximum atomic E-state index is 12.2. The molecule has 1 saturated heterocycles. The Labute approximate surface area is 135 Å². The van der Waals surface area contributed by atoms with Crippen LogP contribution < -0.4 is 5.84 Å². The summed E-state index contributed by atoms with van der Waals surface area (Å²) in [6.45, 7) is 1.82. The van der Waals surface area contributed by atoms with Crippen LogP contribution >= 0.6 is 0 Å². The second-order valence-corrected chi connectivity index (χ2v) is 7.34. The number of likely N-dealkylation sites (tertiary alicyclic amines) is 1. The summed E-state index contributed by atoms with van der Waals surface area (Å²) >= 11 is 0. The van der Waals surface area contributed by atoms with E-state index in [9.17, 15) is 13.2 Å². The van der Waals surface area contributed by atoms with Crippen molar-refractivity contribution in [3.05, 3.63) is 29.8 Å². The lowest BCUT2D eigenvalue weighted by Crippen LogP contribution is -2.42. The molecule has 2 N–H and O–H groups in total. The Hall–Kier alpha value is -1.93. The van der Waals surface area contributed by atoms with Crippen molar-refractivity contribution in [1.29, 1.82) is 0 Å². The highest BCUT2D eigenvalue weighted by Crippen LogP contribution is 2.26. The third kappa shape index (κ3) is 3.23. The highest BCUT2D eigenvalue weighted by atomic mass is 32.2. The number of rotatable bonds is 3. The standard InChI is InChI=1S/C15H20N4O3S/c16-19(11-8-14(20)18-9-4-1-5-10-18)15-12-6-2-3-7-13(12)23(21,22)17-15/h2-3,6-7H,1,4-5,8-11,16H2. The number of hydrogen-bond donors (Lipinski definition) is 1. The summed E-state index contributed by atoms with van der Waals surface area (Å²) < 4.78 is 27.8. The van der Waals surface area contributed by atoms with Crippen LogP contribution in [0.1, 0.15) is 31.2 Å². The van der Waals surface area contributed by atoms with Crippen LogP contribution in [-0.4, -0.2) is 49.7 Å². The molecule has 2 heterocycles. The van der Waals surface area contributed by atoms with Crippen LogP contribution in [0.5, 0.6) is 0 Å². The van der Waals surface area contributed by atoms with E-state index in [4.69, 9.17) is 5.84 Å².